The van der Waals surface area contributed by atoms with E-state index in [9.17, 15) is 4.79 Å². The molecular formula is C15H28N2O. The van der Waals surface area contributed by atoms with E-state index in [0.29, 0.717) is 12.0 Å². The van der Waals surface area contributed by atoms with Crippen LogP contribution in [0.5, 0.6) is 0 Å². The summed E-state index contributed by atoms with van der Waals surface area (Å²) in [6.45, 7) is 6.26. The van der Waals surface area contributed by atoms with Crippen molar-refractivity contribution in [3.05, 3.63) is 0 Å². The average Bonchev–Trinajstić information content (AvgIpc) is 2.40. The molecule has 0 spiro atoms. The second-order valence-electron chi connectivity index (χ2n) is 6.47. The van der Waals surface area contributed by atoms with Crippen LogP contribution in [0.3, 0.4) is 0 Å². The molecule has 0 aromatic carbocycles. The molecular weight excluding hydrogens is 224 g/mol. The van der Waals surface area contributed by atoms with Gasteiger partial charge < -0.3 is 10.6 Å². The molecule has 1 heterocycles. The van der Waals surface area contributed by atoms with Crippen LogP contribution >= 0.6 is 0 Å². The standard InChI is InChI=1S/C15H28N2O/c1-12(13-6-4-3-5-7-13)17-14(18)15(2)8-10-16-11-9-15/h12-13,16H,3-11H2,1-2H3,(H,17,18)/t12-/m0/s1. The molecule has 3 nitrogen and oxygen atoms in total. The van der Waals surface area contributed by atoms with Crippen LogP contribution in [0.4, 0.5) is 0 Å². The zero-order valence-corrected chi connectivity index (χ0v) is 11.9. The Morgan fingerprint density at radius 3 is 2.44 bits per heavy atom. The Bertz CT molecular complexity index is 278. The Morgan fingerprint density at radius 1 is 1.22 bits per heavy atom. The maximum Gasteiger partial charge on any atom is 0.226 e. The molecule has 1 saturated carbocycles. The maximum absolute atomic E-state index is 12.4. The van der Waals surface area contributed by atoms with Crippen LogP contribution in [-0.4, -0.2) is 25.0 Å². The highest BCUT2D eigenvalue weighted by Gasteiger charge is 2.35. The lowest BCUT2D eigenvalue weighted by molar-refractivity contribution is -0.132. The van der Waals surface area contributed by atoms with Crippen LogP contribution in [0, 0.1) is 11.3 Å². The summed E-state index contributed by atoms with van der Waals surface area (Å²) in [6, 6.07) is 0.351. The smallest absolute Gasteiger partial charge is 0.226 e. The first-order chi connectivity index (χ1) is 8.62. The lowest BCUT2D eigenvalue weighted by atomic mass is 9.79. The summed E-state index contributed by atoms with van der Waals surface area (Å²) in [5, 5.41) is 6.62. The minimum Gasteiger partial charge on any atom is -0.353 e. The Hall–Kier alpha value is -0.570. The highest BCUT2D eigenvalue weighted by Crippen LogP contribution is 2.30. The summed E-state index contributed by atoms with van der Waals surface area (Å²) in [4.78, 5) is 12.4. The van der Waals surface area contributed by atoms with Gasteiger partial charge in [0.05, 0.1) is 0 Å². The van der Waals surface area contributed by atoms with Gasteiger partial charge in [-0.2, -0.15) is 0 Å². The molecule has 2 fully saturated rings. The number of rotatable bonds is 3. The van der Waals surface area contributed by atoms with Crippen LogP contribution < -0.4 is 10.6 Å². The molecule has 18 heavy (non-hydrogen) atoms. The Kier molecular flexibility index (Phi) is 4.66. The van der Waals surface area contributed by atoms with Crippen molar-refractivity contribution in [2.45, 2.75) is 64.8 Å². The fourth-order valence-corrected chi connectivity index (χ4v) is 3.34. The monoisotopic (exact) mass is 252 g/mol. The van der Waals surface area contributed by atoms with Crippen LogP contribution in [0.2, 0.25) is 0 Å². The minimum atomic E-state index is -0.145. The summed E-state index contributed by atoms with van der Waals surface area (Å²) in [6.07, 6.45) is 8.57. The summed E-state index contributed by atoms with van der Waals surface area (Å²) >= 11 is 0. The van der Waals surface area contributed by atoms with E-state index in [4.69, 9.17) is 0 Å². The highest BCUT2D eigenvalue weighted by molar-refractivity contribution is 5.82. The molecule has 2 rings (SSSR count). The van der Waals surface area contributed by atoms with E-state index >= 15 is 0 Å². The van der Waals surface area contributed by atoms with Gasteiger partial charge in [0.15, 0.2) is 0 Å². The third-order valence-corrected chi connectivity index (χ3v) is 4.97. The predicted octanol–water partition coefficient (Wildman–Crippen LogP) is 2.46. The molecule has 0 aromatic rings. The third-order valence-electron chi connectivity index (χ3n) is 4.97. The summed E-state index contributed by atoms with van der Waals surface area (Å²) < 4.78 is 0. The Balaban J connectivity index is 1.85. The second-order valence-corrected chi connectivity index (χ2v) is 6.47. The summed E-state index contributed by atoms with van der Waals surface area (Å²) in [5.41, 5.74) is -0.145. The lowest BCUT2D eigenvalue weighted by Gasteiger charge is -2.36. The fourth-order valence-electron chi connectivity index (χ4n) is 3.34. The molecule has 2 N–H and O–H groups in total. The molecule has 2 aliphatic rings. The molecule has 0 bridgehead atoms. The summed E-state index contributed by atoms with van der Waals surface area (Å²) in [7, 11) is 0. The molecule has 0 aromatic heterocycles. The number of amides is 1. The Morgan fingerprint density at radius 2 is 1.83 bits per heavy atom. The minimum absolute atomic E-state index is 0.145. The van der Waals surface area contributed by atoms with Crippen molar-refractivity contribution >= 4 is 5.91 Å². The van der Waals surface area contributed by atoms with Crippen molar-refractivity contribution in [1.29, 1.82) is 0 Å². The van der Waals surface area contributed by atoms with E-state index in [2.05, 4.69) is 24.5 Å². The highest BCUT2D eigenvalue weighted by atomic mass is 16.2. The zero-order valence-electron chi connectivity index (χ0n) is 11.9. The molecule has 1 saturated heterocycles. The fraction of sp³-hybridized carbons (Fsp3) is 0.933. The van der Waals surface area contributed by atoms with Crippen LogP contribution in [0.25, 0.3) is 0 Å². The van der Waals surface area contributed by atoms with Gasteiger partial charge in [0.25, 0.3) is 0 Å². The van der Waals surface area contributed by atoms with Gasteiger partial charge in [0.2, 0.25) is 5.91 Å². The largest absolute Gasteiger partial charge is 0.353 e. The van der Waals surface area contributed by atoms with Crippen molar-refractivity contribution in [2.75, 3.05) is 13.1 Å². The van der Waals surface area contributed by atoms with Gasteiger partial charge in [0, 0.05) is 11.5 Å². The second kappa shape index (κ2) is 6.05. The van der Waals surface area contributed by atoms with Gasteiger partial charge in [-0.1, -0.05) is 26.2 Å². The number of carbonyl (C=O) groups is 1. The van der Waals surface area contributed by atoms with E-state index in [0.717, 1.165) is 25.9 Å². The van der Waals surface area contributed by atoms with Crippen molar-refractivity contribution in [2.24, 2.45) is 11.3 Å². The topological polar surface area (TPSA) is 41.1 Å². The number of piperidine rings is 1. The van der Waals surface area contributed by atoms with E-state index in [-0.39, 0.29) is 11.3 Å². The predicted molar refractivity (Wildman–Crippen MR) is 74.4 cm³/mol. The SMILES string of the molecule is C[C@H](NC(=O)C1(C)CCNCC1)C1CCCCC1. The number of hydrogen-bond acceptors (Lipinski definition) is 2. The normalized spacial score (nSPS) is 26.6. The summed E-state index contributed by atoms with van der Waals surface area (Å²) in [5.74, 6) is 0.982. The van der Waals surface area contributed by atoms with E-state index in [1.165, 1.54) is 32.1 Å². The van der Waals surface area contributed by atoms with Gasteiger partial charge in [0.1, 0.15) is 0 Å². The quantitative estimate of drug-likeness (QED) is 0.810. The van der Waals surface area contributed by atoms with Gasteiger partial charge in [-0.25, -0.2) is 0 Å². The first kappa shape index (κ1) is 13.9. The average molecular weight is 252 g/mol. The van der Waals surface area contributed by atoms with Crippen LogP contribution in [0.1, 0.15) is 58.8 Å². The molecule has 1 aliphatic carbocycles. The van der Waals surface area contributed by atoms with Gasteiger partial charge in [-0.3, -0.25) is 4.79 Å². The van der Waals surface area contributed by atoms with Gasteiger partial charge in [-0.15, -0.1) is 0 Å². The van der Waals surface area contributed by atoms with Crippen LogP contribution in [0.15, 0.2) is 0 Å². The molecule has 1 aliphatic heterocycles. The number of carbonyl (C=O) groups excluding carboxylic acids is 1. The zero-order chi connectivity index (χ0) is 13.0. The first-order valence-corrected chi connectivity index (χ1v) is 7.63. The molecule has 0 unspecified atom stereocenters. The van der Waals surface area contributed by atoms with Crippen molar-refractivity contribution < 1.29 is 4.79 Å². The Labute approximate surface area is 111 Å². The molecule has 1 atom stereocenters. The molecule has 1 amide bonds. The van der Waals surface area contributed by atoms with Crippen molar-refractivity contribution in [1.82, 2.24) is 10.6 Å². The van der Waals surface area contributed by atoms with Crippen molar-refractivity contribution in [3.63, 3.8) is 0 Å². The third kappa shape index (κ3) is 3.25. The van der Waals surface area contributed by atoms with Crippen LogP contribution in [-0.2, 0) is 4.79 Å². The van der Waals surface area contributed by atoms with E-state index < -0.39 is 0 Å². The lowest BCUT2D eigenvalue weighted by Crippen LogP contribution is -2.49. The van der Waals surface area contributed by atoms with Gasteiger partial charge in [-0.05, 0) is 51.6 Å². The molecule has 104 valence electrons. The number of nitrogens with one attached hydrogen (secondary N) is 2. The van der Waals surface area contributed by atoms with E-state index in [1.807, 2.05) is 0 Å². The number of hydrogen-bond donors (Lipinski definition) is 2. The van der Waals surface area contributed by atoms with Gasteiger partial charge >= 0.3 is 0 Å². The first-order valence-electron chi connectivity index (χ1n) is 7.63. The van der Waals surface area contributed by atoms with E-state index in [1.54, 1.807) is 0 Å². The molecule has 0 radical (unpaired) electrons. The van der Waals surface area contributed by atoms with Crippen molar-refractivity contribution in [3.8, 4) is 0 Å². The molecule has 3 heteroatoms. The maximum atomic E-state index is 12.4.